The van der Waals surface area contributed by atoms with E-state index in [1.54, 1.807) is 6.20 Å². The van der Waals surface area contributed by atoms with Crippen molar-refractivity contribution in [2.45, 2.75) is 24.4 Å². The number of hydrogen-bond acceptors (Lipinski definition) is 5. The molecule has 8 heteroatoms. The van der Waals surface area contributed by atoms with Gasteiger partial charge in [-0.15, -0.1) is 0 Å². The number of nitrogens with one attached hydrogen (secondary N) is 2. The number of aliphatic hydroxyl groups excluding tert-OH is 2. The Morgan fingerprint density at radius 1 is 1.37 bits per heavy atom. The van der Waals surface area contributed by atoms with Crippen molar-refractivity contribution in [3.05, 3.63) is 28.4 Å². The second-order valence-corrected chi connectivity index (χ2v) is 5.31. The highest BCUT2D eigenvalue weighted by molar-refractivity contribution is 14.1. The summed E-state index contributed by atoms with van der Waals surface area (Å²) in [6.45, 7) is 0. The molecule has 0 spiro atoms. The predicted molar refractivity (Wildman–Crippen MR) is 75.2 cm³/mol. The van der Waals surface area contributed by atoms with E-state index in [4.69, 9.17) is 4.74 Å². The van der Waals surface area contributed by atoms with E-state index in [1.165, 1.54) is 6.33 Å². The number of alkyl halides is 1. The zero-order valence-electron chi connectivity index (χ0n) is 9.71. The lowest BCUT2D eigenvalue weighted by Gasteiger charge is -2.13. The number of aromatic nitrogens is 3. The Kier molecular flexibility index (Phi) is 3.33. The van der Waals surface area contributed by atoms with E-state index < -0.39 is 24.4 Å². The SMILES string of the molecule is O=c1[nH]cnc2c([C@@H]3O[C@H](CI)[C@@H](O)[C@H]3O)c[nH]c12. The Morgan fingerprint density at radius 3 is 2.84 bits per heavy atom. The molecule has 1 aliphatic heterocycles. The molecule has 0 unspecified atom stereocenters. The fourth-order valence-corrected chi connectivity index (χ4v) is 3.05. The predicted octanol–water partition coefficient (Wildman–Crippen LogP) is -0.152. The third-order valence-corrected chi connectivity index (χ3v) is 4.19. The van der Waals surface area contributed by atoms with E-state index in [2.05, 4.69) is 37.5 Å². The molecule has 3 rings (SSSR count). The second-order valence-electron chi connectivity index (χ2n) is 4.43. The Balaban J connectivity index is 2.06. The van der Waals surface area contributed by atoms with Gasteiger partial charge in [-0.05, 0) is 0 Å². The second kappa shape index (κ2) is 4.85. The average Bonchev–Trinajstić information content (AvgIpc) is 2.94. The van der Waals surface area contributed by atoms with E-state index in [0.717, 1.165) is 0 Å². The van der Waals surface area contributed by atoms with Gasteiger partial charge in [-0.1, -0.05) is 22.6 Å². The maximum absolute atomic E-state index is 11.6. The van der Waals surface area contributed by atoms with Crippen molar-refractivity contribution < 1.29 is 14.9 Å². The molecule has 1 aliphatic rings. The van der Waals surface area contributed by atoms with E-state index in [0.29, 0.717) is 21.0 Å². The third-order valence-electron chi connectivity index (χ3n) is 3.32. The number of H-pyrrole nitrogens is 2. The fourth-order valence-electron chi connectivity index (χ4n) is 2.32. The number of rotatable bonds is 2. The number of hydrogen-bond donors (Lipinski definition) is 4. The van der Waals surface area contributed by atoms with Gasteiger partial charge in [0.25, 0.3) is 5.56 Å². The van der Waals surface area contributed by atoms with Crippen LogP contribution in [-0.4, -0.2) is 47.9 Å². The molecule has 3 heterocycles. The standard InChI is InChI=1S/C11H12IN3O4/c12-1-5-8(16)9(17)10(19-5)4-2-13-7-6(4)14-3-15-11(7)18/h2-3,5,8-10,13,16-17H,1H2,(H,14,15,18)/t5-,8-,9-,10+/m1/s1. The fraction of sp³-hybridized carbons (Fsp3) is 0.455. The summed E-state index contributed by atoms with van der Waals surface area (Å²) in [7, 11) is 0. The molecule has 0 aromatic carbocycles. The van der Waals surface area contributed by atoms with Gasteiger partial charge < -0.3 is 24.9 Å². The summed E-state index contributed by atoms with van der Waals surface area (Å²) in [5.41, 5.74) is 1.09. The minimum atomic E-state index is -1.03. The molecular weight excluding hydrogens is 365 g/mol. The van der Waals surface area contributed by atoms with Crippen LogP contribution in [0.1, 0.15) is 11.7 Å². The molecule has 7 nitrogen and oxygen atoms in total. The molecule has 0 bridgehead atoms. The molecule has 1 fully saturated rings. The van der Waals surface area contributed by atoms with Gasteiger partial charge in [0.05, 0.1) is 12.4 Å². The summed E-state index contributed by atoms with van der Waals surface area (Å²) < 4.78 is 6.22. The molecule has 2 aromatic rings. The van der Waals surface area contributed by atoms with E-state index in [1.807, 2.05) is 0 Å². The zero-order chi connectivity index (χ0) is 13.6. The van der Waals surface area contributed by atoms with Crippen LogP contribution in [0.2, 0.25) is 0 Å². The van der Waals surface area contributed by atoms with Gasteiger partial charge in [0.2, 0.25) is 0 Å². The van der Waals surface area contributed by atoms with Crippen molar-refractivity contribution in [2.24, 2.45) is 0 Å². The smallest absolute Gasteiger partial charge is 0.275 e. The van der Waals surface area contributed by atoms with Gasteiger partial charge in [0.1, 0.15) is 29.3 Å². The first-order chi connectivity index (χ1) is 9.13. The largest absolute Gasteiger partial charge is 0.388 e. The molecule has 0 radical (unpaired) electrons. The number of nitrogens with zero attached hydrogens (tertiary/aromatic N) is 1. The zero-order valence-corrected chi connectivity index (χ0v) is 11.9. The molecule has 102 valence electrons. The summed E-state index contributed by atoms with van der Waals surface area (Å²) in [6.07, 6.45) is -0.183. The van der Waals surface area contributed by atoms with Gasteiger partial charge in [-0.3, -0.25) is 4.79 Å². The van der Waals surface area contributed by atoms with E-state index in [-0.39, 0.29) is 5.56 Å². The molecule has 4 atom stereocenters. The Bertz CT molecular complexity index is 655. The molecule has 2 aromatic heterocycles. The van der Waals surface area contributed by atoms with E-state index in [9.17, 15) is 15.0 Å². The highest BCUT2D eigenvalue weighted by Gasteiger charge is 2.43. The van der Waals surface area contributed by atoms with Crippen molar-refractivity contribution in [1.29, 1.82) is 0 Å². The summed E-state index contributed by atoms with van der Waals surface area (Å²) in [5, 5.41) is 19.9. The van der Waals surface area contributed by atoms with Crippen molar-refractivity contribution in [1.82, 2.24) is 15.0 Å². The first kappa shape index (κ1) is 13.0. The lowest BCUT2D eigenvalue weighted by atomic mass is 10.0. The van der Waals surface area contributed by atoms with Crippen LogP contribution >= 0.6 is 22.6 Å². The lowest BCUT2D eigenvalue weighted by Crippen LogP contribution is -2.31. The number of aliphatic hydroxyl groups is 2. The van der Waals surface area contributed by atoms with Gasteiger partial charge >= 0.3 is 0 Å². The minimum Gasteiger partial charge on any atom is -0.388 e. The van der Waals surface area contributed by atoms with Gasteiger partial charge in [0, 0.05) is 16.2 Å². The van der Waals surface area contributed by atoms with Crippen LogP contribution in [0, 0.1) is 0 Å². The summed E-state index contributed by atoms with van der Waals surface area (Å²) in [5.74, 6) is 0. The number of fused-ring (bicyclic) bond motifs is 1. The number of aromatic amines is 2. The molecule has 1 saturated heterocycles. The highest BCUT2D eigenvalue weighted by Crippen LogP contribution is 2.36. The number of halogens is 1. The Hall–Kier alpha value is -0.970. The first-order valence-electron chi connectivity index (χ1n) is 5.75. The maximum atomic E-state index is 11.6. The first-order valence-corrected chi connectivity index (χ1v) is 7.28. The van der Waals surface area contributed by atoms with Crippen LogP contribution in [0.3, 0.4) is 0 Å². The minimum absolute atomic E-state index is 0.283. The average molecular weight is 377 g/mol. The van der Waals surface area contributed by atoms with Crippen LogP contribution in [0.4, 0.5) is 0 Å². The monoisotopic (exact) mass is 377 g/mol. The lowest BCUT2D eigenvalue weighted by molar-refractivity contribution is 0.0180. The molecule has 0 saturated carbocycles. The molecule has 4 N–H and O–H groups in total. The summed E-state index contributed by atoms with van der Waals surface area (Å²) in [6, 6.07) is 0. The van der Waals surface area contributed by atoms with Gasteiger partial charge in [-0.2, -0.15) is 0 Å². The van der Waals surface area contributed by atoms with Crippen LogP contribution in [0.25, 0.3) is 11.0 Å². The van der Waals surface area contributed by atoms with Crippen molar-refractivity contribution in [2.75, 3.05) is 4.43 Å². The highest BCUT2D eigenvalue weighted by atomic mass is 127. The van der Waals surface area contributed by atoms with Crippen LogP contribution in [0.15, 0.2) is 17.3 Å². The van der Waals surface area contributed by atoms with Crippen molar-refractivity contribution >= 4 is 33.6 Å². The maximum Gasteiger partial charge on any atom is 0.275 e. The molecule has 0 amide bonds. The van der Waals surface area contributed by atoms with Crippen molar-refractivity contribution in [3.63, 3.8) is 0 Å². The normalized spacial score (nSPS) is 31.1. The summed E-state index contributed by atoms with van der Waals surface area (Å²) in [4.78, 5) is 21.0. The Labute approximate surface area is 121 Å². The quantitative estimate of drug-likeness (QED) is 0.430. The molecular formula is C11H12IN3O4. The van der Waals surface area contributed by atoms with Crippen LogP contribution in [-0.2, 0) is 4.74 Å². The van der Waals surface area contributed by atoms with Crippen LogP contribution in [0.5, 0.6) is 0 Å². The van der Waals surface area contributed by atoms with Crippen LogP contribution < -0.4 is 5.56 Å². The Morgan fingerprint density at radius 2 is 2.16 bits per heavy atom. The summed E-state index contributed by atoms with van der Waals surface area (Å²) >= 11 is 2.09. The van der Waals surface area contributed by atoms with Gasteiger partial charge in [0.15, 0.2) is 0 Å². The van der Waals surface area contributed by atoms with Crippen molar-refractivity contribution in [3.8, 4) is 0 Å². The third kappa shape index (κ3) is 1.98. The topological polar surface area (TPSA) is 111 Å². The van der Waals surface area contributed by atoms with E-state index >= 15 is 0 Å². The molecule has 19 heavy (non-hydrogen) atoms. The molecule has 0 aliphatic carbocycles. The number of ether oxygens (including phenoxy) is 1. The van der Waals surface area contributed by atoms with Gasteiger partial charge in [-0.25, -0.2) is 4.98 Å².